The Morgan fingerprint density at radius 2 is 1.62 bits per heavy atom. The Morgan fingerprint density at radius 3 is 2.17 bits per heavy atom. The van der Waals surface area contributed by atoms with Crippen molar-refractivity contribution in [3.63, 3.8) is 0 Å². The van der Waals surface area contributed by atoms with Gasteiger partial charge in [-0.25, -0.2) is 4.79 Å². The molecule has 1 aromatic carbocycles. The highest BCUT2D eigenvalue weighted by atomic mass is 16.2. The van der Waals surface area contributed by atoms with Crippen molar-refractivity contribution in [2.45, 2.75) is 20.8 Å². The molecule has 24 heavy (non-hydrogen) atoms. The zero-order valence-corrected chi connectivity index (χ0v) is 13.3. The number of aromatic nitrogens is 3. The van der Waals surface area contributed by atoms with E-state index in [1.165, 1.54) is 38.1 Å². The molecule has 3 N–H and O–H groups in total. The first-order valence-electron chi connectivity index (χ1n) is 6.93. The molecular weight excluding hydrogens is 316 g/mol. The summed E-state index contributed by atoms with van der Waals surface area (Å²) in [6, 6.07) is 6.00. The van der Waals surface area contributed by atoms with Crippen molar-refractivity contribution < 1.29 is 14.4 Å². The molecule has 0 saturated heterocycles. The Kier molecular flexibility index (Phi) is 4.78. The van der Waals surface area contributed by atoms with Crippen LogP contribution in [0, 0.1) is 6.92 Å². The quantitative estimate of drug-likeness (QED) is 0.635. The summed E-state index contributed by atoms with van der Waals surface area (Å²) in [4.78, 5) is 45.9. The molecule has 0 aliphatic carbocycles. The molecule has 1 aromatic heterocycles. The minimum absolute atomic E-state index is 0.290. The highest BCUT2D eigenvalue weighted by Crippen LogP contribution is 2.07. The second-order valence-corrected chi connectivity index (χ2v) is 4.93. The number of hydrogen-bond donors (Lipinski definition) is 3. The van der Waals surface area contributed by atoms with Crippen LogP contribution in [-0.4, -0.2) is 32.2 Å². The van der Waals surface area contributed by atoms with E-state index < -0.39 is 23.4 Å². The summed E-state index contributed by atoms with van der Waals surface area (Å²) in [5.74, 6) is -0.984. The van der Waals surface area contributed by atoms with Gasteiger partial charge in [0.25, 0.3) is 5.91 Å². The zero-order chi connectivity index (χ0) is 17.9. The van der Waals surface area contributed by atoms with Gasteiger partial charge in [0.2, 0.25) is 11.8 Å². The molecule has 0 aliphatic rings. The maximum absolute atomic E-state index is 12.2. The number of nitrogens with zero attached hydrogens (tertiary/aromatic N) is 3. The molecule has 1 heterocycles. The van der Waals surface area contributed by atoms with Gasteiger partial charge in [0.15, 0.2) is 5.82 Å². The third-order valence-electron chi connectivity index (χ3n) is 2.94. The first-order chi connectivity index (χ1) is 11.3. The third kappa shape index (κ3) is 3.66. The molecule has 0 fully saturated rings. The molecule has 0 aliphatic heterocycles. The summed E-state index contributed by atoms with van der Waals surface area (Å²) in [6.07, 6.45) is 0. The van der Waals surface area contributed by atoms with Crippen LogP contribution in [0.1, 0.15) is 30.0 Å². The van der Waals surface area contributed by atoms with Gasteiger partial charge in [-0.1, -0.05) is 0 Å². The predicted molar refractivity (Wildman–Crippen MR) is 83.9 cm³/mol. The molecule has 0 atom stereocenters. The van der Waals surface area contributed by atoms with Crippen LogP contribution in [0.15, 0.2) is 29.1 Å². The van der Waals surface area contributed by atoms with E-state index in [0.717, 1.165) is 9.36 Å². The van der Waals surface area contributed by atoms with Crippen molar-refractivity contribution >= 4 is 17.7 Å². The number of hydrogen-bond acceptors (Lipinski definition) is 5. The first kappa shape index (κ1) is 16.9. The van der Waals surface area contributed by atoms with Gasteiger partial charge in [0.05, 0.1) is 5.69 Å². The van der Waals surface area contributed by atoms with Gasteiger partial charge in [0.1, 0.15) is 0 Å². The van der Waals surface area contributed by atoms with Gasteiger partial charge >= 0.3 is 5.69 Å². The van der Waals surface area contributed by atoms with Crippen molar-refractivity contribution in [2.24, 2.45) is 0 Å². The fourth-order valence-electron chi connectivity index (χ4n) is 1.89. The van der Waals surface area contributed by atoms with E-state index in [9.17, 15) is 19.2 Å². The molecule has 126 valence electrons. The summed E-state index contributed by atoms with van der Waals surface area (Å²) < 4.78 is 2.13. The van der Waals surface area contributed by atoms with Crippen molar-refractivity contribution in [1.82, 2.24) is 25.3 Å². The highest BCUT2D eigenvalue weighted by molar-refractivity contribution is 5.95. The maximum Gasteiger partial charge on any atom is 0.369 e. The fraction of sp³-hybridized carbons (Fsp3) is 0.214. The summed E-state index contributed by atoms with van der Waals surface area (Å²) in [5, 5.41) is 4.06. The molecule has 0 unspecified atom stereocenters. The predicted octanol–water partition coefficient (Wildman–Crippen LogP) is -0.787. The summed E-state index contributed by atoms with van der Waals surface area (Å²) in [7, 11) is 0. The maximum atomic E-state index is 12.2. The highest BCUT2D eigenvalue weighted by Gasteiger charge is 2.13. The van der Waals surface area contributed by atoms with Gasteiger partial charge in [-0.05, 0) is 31.2 Å². The van der Waals surface area contributed by atoms with Crippen LogP contribution in [0.5, 0.6) is 0 Å². The standard InChI is InChI=1S/C14H16N6O4/c1-8-17-20(14(24)19(8)18-10(3)22)12-6-4-11(5-7-12)13(23)16-15-9(2)21/h4-7H,1-3H3,(H,15,21)(H,16,23)(H,18,22). The molecule has 0 spiro atoms. The van der Waals surface area contributed by atoms with Crippen LogP contribution in [-0.2, 0) is 9.59 Å². The van der Waals surface area contributed by atoms with E-state index in [0.29, 0.717) is 17.1 Å². The lowest BCUT2D eigenvalue weighted by Gasteiger charge is -2.06. The van der Waals surface area contributed by atoms with Gasteiger partial charge in [-0.15, -0.1) is 5.10 Å². The number of benzene rings is 1. The summed E-state index contributed by atoms with van der Waals surface area (Å²) in [5.41, 5.74) is 6.94. The molecule has 0 radical (unpaired) electrons. The largest absolute Gasteiger partial charge is 0.369 e. The van der Waals surface area contributed by atoms with Crippen LogP contribution in [0.2, 0.25) is 0 Å². The summed E-state index contributed by atoms with van der Waals surface area (Å²) >= 11 is 0. The molecular formula is C14H16N6O4. The van der Waals surface area contributed by atoms with Crippen LogP contribution >= 0.6 is 0 Å². The van der Waals surface area contributed by atoms with Gasteiger partial charge in [-0.3, -0.25) is 30.7 Å². The van der Waals surface area contributed by atoms with Crippen molar-refractivity contribution in [3.05, 3.63) is 46.1 Å². The van der Waals surface area contributed by atoms with Crippen molar-refractivity contribution in [3.8, 4) is 5.69 Å². The Balaban J connectivity index is 2.25. The average Bonchev–Trinajstić information content (AvgIpc) is 2.80. The molecule has 2 aromatic rings. The van der Waals surface area contributed by atoms with Crippen LogP contribution < -0.4 is 22.0 Å². The van der Waals surface area contributed by atoms with Crippen LogP contribution in [0.25, 0.3) is 5.69 Å². The Labute approximate surface area is 136 Å². The van der Waals surface area contributed by atoms with E-state index in [-0.39, 0.29) is 0 Å². The van der Waals surface area contributed by atoms with E-state index in [4.69, 9.17) is 0 Å². The monoisotopic (exact) mass is 332 g/mol. The van der Waals surface area contributed by atoms with Gasteiger partial charge < -0.3 is 0 Å². The number of aryl methyl sites for hydroxylation is 1. The number of nitrogens with one attached hydrogen (secondary N) is 3. The lowest BCUT2D eigenvalue weighted by Crippen LogP contribution is -2.40. The lowest BCUT2D eigenvalue weighted by atomic mass is 10.2. The van der Waals surface area contributed by atoms with Crippen molar-refractivity contribution in [2.75, 3.05) is 5.43 Å². The van der Waals surface area contributed by atoms with E-state index in [1.807, 2.05) is 0 Å². The normalized spacial score (nSPS) is 10.1. The minimum atomic E-state index is -0.543. The number of hydrazine groups is 1. The van der Waals surface area contributed by atoms with Gasteiger partial charge in [-0.2, -0.15) is 9.36 Å². The number of carbonyl (C=O) groups is 3. The number of rotatable bonds is 3. The molecule has 0 saturated carbocycles. The number of amides is 3. The minimum Gasteiger partial charge on any atom is -0.274 e. The zero-order valence-electron chi connectivity index (χ0n) is 13.3. The van der Waals surface area contributed by atoms with E-state index in [2.05, 4.69) is 21.4 Å². The second-order valence-electron chi connectivity index (χ2n) is 4.93. The smallest absolute Gasteiger partial charge is 0.274 e. The fourth-order valence-corrected chi connectivity index (χ4v) is 1.89. The third-order valence-corrected chi connectivity index (χ3v) is 2.94. The Bertz CT molecular complexity index is 849. The molecule has 2 rings (SSSR count). The SMILES string of the molecule is CC(=O)NNC(=O)c1ccc(-n2nc(C)n(NC(C)=O)c2=O)cc1. The lowest BCUT2D eigenvalue weighted by molar-refractivity contribution is -0.119. The Morgan fingerprint density at radius 1 is 1.00 bits per heavy atom. The van der Waals surface area contributed by atoms with Crippen LogP contribution in [0.4, 0.5) is 0 Å². The molecule has 10 nitrogen and oxygen atoms in total. The van der Waals surface area contributed by atoms with Crippen molar-refractivity contribution in [1.29, 1.82) is 0 Å². The first-order valence-corrected chi connectivity index (χ1v) is 6.93. The number of carbonyl (C=O) groups excluding carboxylic acids is 3. The second kappa shape index (κ2) is 6.77. The molecule has 3 amide bonds. The molecule has 10 heteroatoms. The summed E-state index contributed by atoms with van der Waals surface area (Å²) in [6.45, 7) is 4.12. The average molecular weight is 332 g/mol. The Hall–Kier alpha value is -3.43. The van der Waals surface area contributed by atoms with E-state index >= 15 is 0 Å². The molecule has 0 bridgehead atoms. The topological polar surface area (TPSA) is 127 Å². The van der Waals surface area contributed by atoms with Gasteiger partial charge in [0, 0.05) is 19.4 Å². The van der Waals surface area contributed by atoms with E-state index in [1.54, 1.807) is 6.92 Å². The van der Waals surface area contributed by atoms with Crippen LogP contribution in [0.3, 0.4) is 0 Å².